The molecule has 0 bridgehead atoms. The molecule has 4 nitrogen and oxygen atoms in total. The number of unbranched alkanes of at least 4 members (excludes halogenated alkanes) is 18. The SMILES string of the molecule is CCCCC/C=C\C/C=C\CCCCCCCCOC(=O)C1CCCCC1C(=O)OCCCCCCCC/C=C\C/C=C\CCCCC. The van der Waals surface area contributed by atoms with E-state index in [2.05, 4.69) is 62.5 Å². The molecule has 1 saturated carbocycles. The van der Waals surface area contributed by atoms with E-state index in [1.54, 1.807) is 0 Å². The Kier molecular flexibility index (Phi) is 31.8. The molecule has 0 heterocycles. The van der Waals surface area contributed by atoms with Crippen LogP contribution in [0.15, 0.2) is 48.6 Å². The standard InChI is InChI=1S/C44H76O4/c1-3-5-7-9-11-13-15-17-19-21-23-25-27-29-31-35-39-47-43(45)41-37-33-34-38-42(41)44(46)48-40-36-32-30-28-26-24-22-20-18-16-14-12-10-8-6-4-2/h11-14,17-20,41-42H,3-10,15-16,21-40H2,1-2H3/b13-11-,14-12-,19-17-,20-18-. The van der Waals surface area contributed by atoms with E-state index in [9.17, 15) is 9.59 Å². The first-order valence-corrected chi connectivity index (χ1v) is 20.6. The van der Waals surface area contributed by atoms with Gasteiger partial charge in [-0.2, -0.15) is 0 Å². The smallest absolute Gasteiger partial charge is 0.309 e. The highest BCUT2D eigenvalue weighted by molar-refractivity contribution is 5.82. The Morgan fingerprint density at radius 1 is 0.438 bits per heavy atom. The van der Waals surface area contributed by atoms with Gasteiger partial charge in [0.25, 0.3) is 0 Å². The number of esters is 2. The number of allylic oxidation sites excluding steroid dienone is 8. The topological polar surface area (TPSA) is 52.6 Å². The van der Waals surface area contributed by atoms with E-state index in [0.717, 1.165) is 64.2 Å². The minimum absolute atomic E-state index is 0.187. The number of ether oxygens (including phenoxy) is 2. The van der Waals surface area contributed by atoms with Crippen LogP contribution in [-0.4, -0.2) is 25.2 Å². The largest absolute Gasteiger partial charge is 0.465 e. The van der Waals surface area contributed by atoms with Gasteiger partial charge in [0, 0.05) is 0 Å². The number of hydrogen-bond acceptors (Lipinski definition) is 4. The summed E-state index contributed by atoms with van der Waals surface area (Å²) >= 11 is 0. The summed E-state index contributed by atoms with van der Waals surface area (Å²) in [6, 6.07) is 0. The van der Waals surface area contributed by atoms with Crippen LogP contribution >= 0.6 is 0 Å². The number of hydrogen-bond donors (Lipinski definition) is 0. The van der Waals surface area contributed by atoms with Crippen molar-refractivity contribution in [3.8, 4) is 0 Å². The molecule has 48 heavy (non-hydrogen) atoms. The second kappa shape index (κ2) is 34.8. The molecule has 0 amide bonds. The third kappa shape index (κ3) is 26.8. The van der Waals surface area contributed by atoms with Crippen LogP contribution in [0.25, 0.3) is 0 Å². The van der Waals surface area contributed by atoms with Gasteiger partial charge in [-0.15, -0.1) is 0 Å². The van der Waals surface area contributed by atoms with Gasteiger partial charge in [0.2, 0.25) is 0 Å². The summed E-state index contributed by atoms with van der Waals surface area (Å²) in [6.07, 6.45) is 50.6. The first-order chi connectivity index (χ1) is 23.7. The maximum absolute atomic E-state index is 12.9. The van der Waals surface area contributed by atoms with Gasteiger partial charge in [-0.25, -0.2) is 0 Å². The van der Waals surface area contributed by atoms with Crippen molar-refractivity contribution in [1.82, 2.24) is 0 Å². The van der Waals surface area contributed by atoms with E-state index in [1.807, 2.05) is 0 Å². The fourth-order valence-electron chi connectivity index (χ4n) is 6.44. The van der Waals surface area contributed by atoms with E-state index >= 15 is 0 Å². The van der Waals surface area contributed by atoms with Crippen LogP contribution in [0, 0.1) is 11.8 Å². The lowest BCUT2D eigenvalue weighted by Crippen LogP contribution is -2.35. The van der Waals surface area contributed by atoms with Crippen LogP contribution < -0.4 is 0 Å². The highest BCUT2D eigenvalue weighted by Crippen LogP contribution is 2.32. The van der Waals surface area contributed by atoms with Crippen molar-refractivity contribution in [3.05, 3.63) is 48.6 Å². The Bertz CT molecular complexity index is 784. The lowest BCUT2D eigenvalue weighted by Gasteiger charge is -2.28. The highest BCUT2D eigenvalue weighted by atomic mass is 16.5. The minimum atomic E-state index is -0.327. The molecule has 0 spiro atoms. The van der Waals surface area contributed by atoms with Crippen molar-refractivity contribution in [3.63, 3.8) is 0 Å². The van der Waals surface area contributed by atoms with E-state index < -0.39 is 0 Å². The molecule has 0 saturated heterocycles. The normalized spacial score (nSPS) is 17.0. The second-order valence-electron chi connectivity index (χ2n) is 14.0. The van der Waals surface area contributed by atoms with Crippen molar-refractivity contribution in [2.24, 2.45) is 11.8 Å². The molecule has 0 aromatic rings. The Labute approximate surface area is 297 Å². The van der Waals surface area contributed by atoms with Crippen LogP contribution in [0.1, 0.15) is 194 Å². The van der Waals surface area contributed by atoms with Crippen molar-refractivity contribution < 1.29 is 19.1 Å². The van der Waals surface area contributed by atoms with E-state index in [-0.39, 0.29) is 23.8 Å². The molecule has 0 radical (unpaired) electrons. The average molecular weight is 669 g/mol. The average Bonchev–Trinajstić information content (AvgIpc) is 3.10. The zero-order valence-electron chi connectivity index (χ0n) is 31.6. The van der Waals surface area contributed by atoms with E-state index in [0.29, 0.717) is 13.2 Å². The molecule has 276 valence electrons. The van der Waals surface area contributed by atoms with Gasteiger partial charge in [-0.1, -0.05) is 152 Å². The van der Waals surface area contributed by atoms with Gasteiger partial charge < -0.3 is 9.47 Å². The summed E-state index contributed by atoms with van der Waals surface area (Å²) in [6.45, 7) is 5.44. The Morgan fingerprint density at radius 3 is 1.10 bits per heavy atom. The fraction of sp³-hybridized carbons (Fsp3) is 0.773. The molecule has 1 aliphatic rings. The summed E-state index contributed by atoms with van der Waals surface area (Å²) in [5.41, 5.74) is 0. The molecule has 1 fully saturated rings. The Hall–Kier alpha value is -2.10. The van der Waals surface area contributed by atoms with Crippen LogP contribution in [0.2, 0.25) is 0 Å². The van der Waals surface area contributed by atoms with E-state index in [4.69, 9.17) is 9.47 Å². The second-order valence-corrected chi connectivity index (χ2v) is 14.0. The maximum Gasteiger partial charge on any atom is 0.309 e. The van der Waals surface area contributed by atoms with Crippen LogP contribution in [0.3, 0.4) is 0 Å². The summed E-state index contributed by atoms with van der Waals surface area (Å²) in [4.78, 5) is 25.7. The van der Waals surface area contributed by atoms with Gasteiger partial charge in [-0.3, -0.25) is 9.59 Å². The van der Waals surface area contributed by atoms with Gasteiger partial charge >= 0.3 is 11.9 Å². The Balaban J connectivity index is 2.02. The van der Waals surface area contributed by atoms with Gasteiger partial charge in [0.15, 0.2) is 0 Å². The van der Waals surface area contributed by atoms with Crippen LogP contribution in [0.5, 0.6) is 0 Å². The Morgan fingerprint density at radius 2 is 0.750 bits per heavy atom. The van der Waals surface area contributed by atoms with Crippen LogP contribution in [0.4, 0.5) is 0 Å². The number of rotatable bonds is 32. The first kappa shape index (κ1) is 43.9. The van der Waals surface area contributed by atoms with Gasteiger partial charge in [0.1, 0.15) is 0 Å². The first-order valence-electron chi connectivity index (χ1n) is 20.6. The summed E-state index contributed by atoms with van der Waals surface area (Å²) in [5.74, 6) is -1.03. The molecule has 2 unspecified atom stereocenters. The lowest BCUT2D eigenvalue weighted by atomic mass is 9.79. The van der Waals surface area contributed by atoms with Crippen molar-refractivity contribution >= 4 is 11.9 Å². The maximum atomic E-state index is 12.9. The third-order valence-corrected chi connectivity index (χ3v) is 9.55. The highest BCUT2D eigenvalue weighted by Gasteiger charge is 2.37. The van der Waals surface area contributed by atoms with Crippen molar-refractivity contribution in [2.75, 3.05) is 13.2 Å². The summed E-state index contributed by atoms with van der Waals surface area (Å²) in [5, 5.41) is 0. The predicted molar refractivity (Wildman–Crippen MR) is 206 cm³/mol. The lowest BCUT2D eigenvalue weighted by molar-refractivity contribution is -0.163. The number of carbonyl (C=O) groups is 2. The van der Waals surface area contributed by atoms with Crippen molar-refractivity contribution in [2.45, 2.75) is 194 Å². The molecule has 0 aromatic carbocycles. The van der Waals surface area contributed by atoms with Gasteiger partial charge in [-0.05, 0) is 89.9 Å². The number of carbonyl (C=O) groups excluding carboxylic acids is 2. The quantitative estimate of drug-likeness (QED) is 0.0407. The summed E-state index contributed by atoms with van der Waals surface area (Å²) in [7, 11) is 0. The van der Waals surface area contributed by atoms with Crippen LogP contribution in [-0.2, 0) is 19.1 Å². The minimum Gasteiger partial charge on any atom is -0.465 e. The molecule has 4 heteroatoms. The molecule has 1 aliphatic carbocycles. The molecule has 1 rings (SSSR count). The fourth-order valence-corrected chi connectivity index (χ4v) is 6.44. The van der Waals surface area contributed by atoms with Crippen molar-refractivity contribution in [1.29, 1.82) is 0 Å². The molecule has 2 atom stereocenters. The molecular formula is C44H76O4. The summed E-state index contributed by atoms with van der Waals surface area (Å²) < 4.78 is 11.3. The van der Waals surface area contributed by atoms with Gasteiger partial charge in [0.05, 0.1) is 25.0 Å². The van der Waals surface area contributed by atoms with E-state index in [1.165, 1.54) is 116 Å². The molecular weight excluding hydrogens is 592 g/mol. The predicted octanol–water partition coefficient (Wildman–Crippen LogP) is 13.5. The molecule has 0 aromatic heterocycles. The monoisotopic (exact) mass is 669 g/mol. The zero-order valence-corrected chi connectivity index (χ0v) is 31.6. The third-order valence-electron chi connectivity index (χ3n) is 9.55. The molecule has 0 N–H and O–H groups in total. The zero-order chi connectivity index (χ0) is 34.6. The molecule has 0 aliphatic heterocycles.